The van der Waals surface area contributed by atoms with Gasteiger partial charge in [0.05, 0.1) is 26.4 Å². The fourth-order valence-corrected chi connectivity index (χ4v) is 14.1. The Kier molecular flexibility index (Phi) is 73.2. The maximum atomic E-state index is 13.1. The zero-order chi connectivity index (χ0) is 75.6. The van der Waals surface area contributed by atoms with Crippen LogP contribution in [0.3, 0.4) is 0 Å². The minimum absolute atomic E-state index is 0.0854. The van der Waals surface area contributed by atoms with Crippen molar-refractivity contribution in [3.8, 4) is 0 Å². The molecule has 0 amide bonds. The Balaban J connectivity index is 5.26. The molecule has 0 radical (unpaired) electrons. The van der Waals surface area contributed by atoms with E-state index in [-0.39, 0.29) is 25.7 Å². The predicted octanol–water partition coefficient (Wildman–Crippen LogP) is 25.0. The number of ether oxygens (including phenoxy) is 4. The van der Waals surface area contributed by atoms with Crippen LogP contribution in [0.5, 0.6) is 0 Å². The van der Waals surface area contributed by atoms with Gasteiger partial charge in [-0.15, -0.1) is 0 Å². The second kappa shape index (κ2) is 75.0. The molecule has 608 valence electrons. The highest BCUT2D eigenvalue weighted by atomic mass is 31.2. The lowest BCUT2D eigenvalue weighted by Gasteiger charge is -2.21. The Bertz CT molecular complexity index is 2070. The third-order valence-corrected chi connectivity index (χ3v) is 21.0. The number of esters is 4. The van der Waals surface area contributed by atoms with Crippen LogP contribution in [0.4, 0.5) is 0 Å². The summed E-state index contributed by atoms with van der Waals surface area (Å²) < 4.78 is 68.7. The summed E-state index contributed by atoms with van der Waals surface area (Å²) in [6.45, 7) is 9.64. The van der Waals surface area contributed by atoms with Crippen molar-refractivity contribution in [3.05, 3.63) is 24.3 Å². The lowest BCUT2D eigenvalue weighted by atomic mass is 10.0. The molecule has 0 aliphatic rings. The van der Waals surface area contributed by atoms with Crippen molar-refractivity contribution in [2.75, 3.05) is 39.6 Å². The summed E-state index contributed by atoms with van der Waals surface area (Å²) in [5.74, 6) is -0.518. The molecule has 0 aromatic heterocycles. The van der Waals surface area contributed by atoms with Crippen LogP contribution in [0.2, 0.25) is 0 Å². The fourth-order valence-electron chi connectivity index (χ4n) is 12.5. The SMILES string of the molecule is CCCCCC/C=C\C=C/CCCCCCCC(=O)O[C@H](COC(=O)CCCCCCCCCCCC)COP(=O)(O)OC[C@H](O)COP(=O)(O)OC[C@@H](COC(=O)CCCCCCCCCCCCCCCCC(C)C)OC(=O)CCCCCCCCCCCCCCCCCCCCC(C)C. The van der Waals surface area contributed by atoms with E-state index in [9.17, 15) is 43.2 Å². The van der Waals surface area contributed by atoms with E-state index in [1.54, 1.807) is 0 Å². The van der Waals surface area contributed by atoms with Gasteiger partial charge in [-0.2, -0.15) is 0 Å². The highest BCUT2D eigenvalue weighted by Gasteiger charge is 2.30. The Morgan fingerprint density at radius 2 is 0.524 bits per heavy atom. The third-order valence-electron chi connectivity index (χ3n) is 19.1. The number of unbranched alkanes of at least 4 members (excludes halogenated alkanes) is 48. The number of allylic oxidation sites excluding steroid dienone is 4. The first kappa shape index (κ1) is 101. The van der Waals surface area contributed by atoms with Gasteiger partial charge < -0.3 is 33.8 Å². The summed E-state index contributed by atoms with van der Waals surface area (Å²) in [6.07, 6.45) is 68.8. The molecule has 17 nitrogen and oxygen atoms in total. The average molecular weight is 1500 g/mol. The van der Waals surface area contributed by atoms with Crippen LogP contribution in [-0.2, 0) is 65.4 Å². The lowest BCUT2D eigenvalue weighted by molar-refractivity contribution is -0.161. The second-order valence-electron chi connectivity index (χ2n) is 30.5. The number of aliphatic hydroxyl groups excluding tert-OH is 1. The van der Waals surface area contributed by atoms with Crippen LogP contribution in [0, 0.1) is 11.8 Å². The van der Waals surface area contributed by atoms with Crippen LogP contribution >= 0.6 is 15.6 Å². The molecule has 3 N–H and O–H groups in total. The summed E-state index contributed by atoms with van der Waals surface area (Å²) in [5.41, 5.74) is 0. The van der Waals surface area contributed by atoms with Crippen molar-refractivity contribution in [2.45, 2.75) is 439 Å². The summed E-state index contributed by atoms with van der Waals surface area (Å²) in [5, 5.41) is 10.7. The average Bonchev–Trinajstić information content (AvgIpc) is 0.924. The number of hydrogen-bond acceptors (Lipinski definition) is 15. The molecule has 0 saturated carbocycles. The topological polar surface area (TPSA) is 237 Å². The Hall–Kier alpha value is -2.46. The molecule has 0 spiro atoms. The number of carbonyl (C=O) groups excluding carboxylic acids is 4. The van der Waals surface area contributed by atoms with E-state index in [0.29, 0.717) is 25.7 Å². The first-order chi connectivity index (χ1) is 49.9. The quantitative estimate of drug-likeness (QED) is 0.0169. The van der Waals surface area contributed by atoms with E-state index in [1.807, 2.05) is 0 Å². The van der Waals surface area contributed by atoms with Crippen LogP contribution in [0.25, 0.3) is 0 Å². The van der Waals surface area contributed by atoms with Gasteiger partial charge in [0.2, 0.25) is 0 Å². The van der Waals surface area contributed by atoms with Gasteiger partial charge in [0.15, 0.2) is 12.2 Å². The first-order valence-electron chi connectivity index (χ1n) is 42.8. The van der Waals surface area contributed by atoms with E-state index < -0.39 is 97.5 Å². The van der Waals surface area contributed by atoms with Gasteiger partial charge in [-0.25, -0.2) is 9.13 Å². The van der Waals surface area contributed by atoms with Gasteiger partial charge in [0, 0.05) is 25.7 Å². The monoisotopic (exact) mass is 1500 g/mol. The molecule has 0 aliphatic carbocycles. The maximum absolute atomic E-state index is 13.1. The fraction of sp³-hybridized carbons (Fsp3) is 0.905. The Labute approximate surface area is 631 Å². The standard InChI is InChI=1S/C84H160O17P2/c1-7-9-11-13-15-17-19-20-25-33-38-44-50-56-62-68-83(88)100-79(72-94-81(86)66-60-54-48-42-18-16-14-12-10-8-2)74-98-102(90,91)96-70-78(85)71-97-103(92,93)99-75-80(73-95-82(87)67-61-55-49-43-37-32-29-28-31-36-41-47-53-59-65-77(5)6)101-84(89)69-63-57-51-45-39-34-27-24-22-21-23-26-30-35-40-46-52-58-64-76(3)4/h17,19-20,25,76-80,85H,7-16,18,21-24,26-75H2,1-6H3,(H,90,91)(H,92,93)/b19-17-,25-20-/t78-,79+,80+/m0/s1. The Morgan fingerprint density at radius 1 is 0.301 bits per heavy atom. The summed E-state index contributed by atoms with van der Waals surface area (Å²) in [7, 11) is -9.94. The normalized spacial score (nSPS) is 14.0. The van der Waals surface area contributed by atoms with Gasteiger partial charge >= 0.3 is 39.5 Å². The smallest absolute Gasteiger partial charge is 0.462 e. The van der Waals surface area contributed by atoms with Gasteiger partial charge in [-0.3, -0.25) is 37.3 Å². The number of phosphoric ester groups is 2. The van der Waals surface area contributed by atoms with E-state index in [4.69, 9.17) is 37.0 Å². The van der Waals surface area contributed by atoms with Gasteiger partial charge in [0.1, 0.15) is 19.3 Å². The molecule has 0 saturated heterocycles. The van der Waals surface area contributed by atoms with Crippen molar-refractivity contribution in [3.63, 3.8) is 0 Å². The van der Waals surface area contributed by atoms with E-state index in [1.165, 1.54) is 225 Å². The minimum Gasteiger partial charge on any atom is -0.462 e. The van der Waals surface area contributed by atoms with Crippen molar-refractivity contribution in [2.24, 2.45) is 11.8 Å². The van der Waals surface area contributed by atoms with Crippen molar-refractivity contribution in [1.29, 1.82) is 0 Å². The highest BCUT2D eigenvalue weighted by Crippen LogP contribution is 2.45. The van der Waals surface area contributed by atoms with E-state index >= 15 is 0 Å². The van der Waals surface area contributed by atoms with Crippen LogP contribution in [0.1, 0.15) is 420 Å². The van der Waals surface area contributed by atoms with E-state index in [0.717, 1.165) is 115 Å². The van der Waals surface area contributed by atoms with Crippen molar-refractivity contribution in [1.82, 2.24) is 0 Å². The number of rotatable bonds is 81. The van der Waals surface area contributed by atoms with Crippen LogP contribution in [-0.4, -0.2) is 96.7 Å². The number of phosphoric acid groups is 2. The highest BCUT2D eigenvalue weighted by molar-refractivity contribution is 7.47. The number of aliphatic hydroxyl groups is 1. The molecule has 19 heteroatoms. The number of hydrogen-bond donors (Lipinski definition) is 3. The maximum Gasteiger partial charge on any atom is 0.472 e. The first-order valence-corrected chi connectivity index (χ1v) is 45.8. The molecule has 0 bridgehead atoms. The zero-order valence-corrected chi connectivity index (χ0v) is 68.9. The summed E-state index contributed by atoms with van der Waals surface area (Å²) in [6, 6.07) is 0. The number of carbonyl (C=O) groups is 4. The van der Waals surface area contributed by atoms with Crippen LogP contribution < -0.4 is 0 Å². The molecule has 0 rings (SSSR count). The molecule has 0 aromatic carbocycles. The minimum atomic E-state index is -4.97. The molecule has 103 heavy (non-hydrogen) atoms. The molecular formula is C84H160O17P2. The zero-order valence-electron chi connectivity index (χ0n) is 67.1. The van der Waals surface area contributed by atoms with Gasteiger partial charge in [-0.1, -0.05) is 368 Å². The summed E-state index contributed by atoms with van der Waals surface area (Å²) in [4.78, 5) is 73.1. The Morgan fingerprint density at radius 3 is 0.796 bits per heavy atom. The third kappa shape index (κ3) is 77.5. The van der Waals surface area contributed by atoms with Gasteiger partial charge in [0.25, 0.3) is 0 Å². The molecule has 0 aromatic rings. The molecule has 0 heterocycles. The molecule has 5 atom stereocenters. The van der Waals surface area contributed by atoms with Gasteiger partial charge in [-0.05, 0) is 63.2 Å². The molecule has 0 aliphatic heterocycles. The van der Waals surface area contributed by atoms with E-state index in [2.05, 4.69) is 65.8 Å². The predicted molar refractivity (Wildman–Crippen MR) is 423 cm³/mol. The lowest BCUT2D eigenvalue weighted by Crippen LogP contribution is -2.30. The molecule has 0 fully saturated rings. The molecular weight excluding hydrogens is 1340 g/mol. The molecule has 2 unspecified atom stereocenters. The summed E-state index contributed by atoms with van der Waals surface area (Å²) >= 11 is 0. The largest absolute Gasteiger partial charge is 0.472 e. The second-order valence-corrected chi connectivity index (χ2v) is 33.4. The van der Waals surface area contributed by atoms with Crippen LogP contribution in [0.15, 0.2) is 24.3 Å². The van der Waals surface area contributed by atoms with Crippen molar-refractivity contribution >= 4 is 39.5 Å². The van der Waals surface area contributed by atoms with Crippen molar-refractivity contribution < 1.29 is 80.2 Å².